The van der Waals surface area contributed by atoms with Crippen molar-refractivity contribution in [3.8, 4) is 11.3 Å². The van der Waals surface area contributed by atoms with E-state index in [1.807, 2.05) is 6.07 Å². The van der Waals surface area contributed by atoms with Crippen LogP contribution in [-0.4, -0.2) is 15.9 Å². The van der Waals surface area contributed by atoms with Gasteiger partial charge in [-0.15, -0.1) is 0 Å². The average molecular weight is 416 g/mol. The Morgan fingerprint density at radius 2 is 1.77 bits per heavy atom. The molecule has 5 heteroatoms. The molecule has 158 valence electrons. The fourth-order valence-electron chi connectivity index (χ4n) is 4.81. The zero-order valence-corrected chi connectivity index (χ0v) is 17.5. The normalized spacial score (nSPS) is 15.4. The van der Waals surface area contributed by atoms with E-state index in [1.54, 1.807) is 12.1 Å². The first-order chi connectivity index (χ1) is 15.2. The molecule has 0 spiro atoms. The molecule has 0 aliphatic heterocycles. The molecule has 1 saturated carbocycles. The fraction of sp³-hybridized carbons (Fsp3) is 0.346. The number of carbonyl (C=O) groups is 1. The second-order valence-corrected chi connectivity index (χ2v) is 8.68. The van der Waals surface area contributed by atoms with Gasteiger partial charge >= 0.3 is 0 Å². The topological polar surface area (TPSA) is 54.9 Å². The van der Waals surface area contributed by atoms with Gasteiger partial charge in [0.2, 0.25) is 5.91 Å². The molecule has 0 unspecified atom stereocenters. The van der Waals surface area contributed by atoms with Crippen LogP contribution in [0, 0.1) is 11.7 Å². The number of nitrogens with zero attached hydrogens (tertiary/aromatic N) is 2. The van der Waals surface area contributed by atoms with Gasteiger partial charge in [-0.25, -0.2) is 14.4 Å². The van der Waals surface area contributed by atoms with Crippen LogP contribution in [0.1, 0.15) is 48.2 Å². The number of hydrogen-bond donors (Lipinski definition) is 1. The molecule has 0 radical (unpaired) electrons. The highest BCUT2D eigenvalue weighted by molar-refractivity contribution is 5.92. The molecule has 3 aromatic rings. The van der Waals surface area contributed by atoms with Crippen molar-refractivity contribution >= 4 is 11.7 Å². The molecule has 0 saturated heterocycles. The summed E-state index contributed by atoms with van der Waals surface area (Å²) in [6.07, 6.45) is 7.72. The predicted molar refractivity (Wildman–Crippen MR) is 119 cm³/mol. The molecule has 5 rings (SSSR count). The van der Waals surface area contributed by atoms with Crippen molar-refractivity contribution in [2.45, 2.75) is 51.4 Å². The minimum atomic E-state index is -0.302. The number of benzene rings is 2. The highest BCUT2D eigenvalue weighted by atomic mass is 19.1. The first-order valence-electron chi connectivity index (χ1n) is 11.2. The lowest BCUT2D eigenvalue weighted by Gasteiger charge is -2.21. The first-order valence-corrected chi connectivity index (χ1v) is 11.2. The molecule has 1 fully saturated rings. The van der Waals surface area contributed by atoms with Crippen LogP contribution in [-0.2, 0) is 30.5 Å². The van der Waals surface area contributed by atoms with Crippen LogP contribution in [0.5, 0.6) is 0 Å². The summed E-state index contributed by atoms with van der Waals surface area (Å²) in [5.41, 5.74) is 6.04. The Bertz CT molecular complexity index is 1100. The zero-order chi connectivity index (χ0) is 21.2. The van der Waals surface area contributed by atoms with Crippen molar-refractivity contribution < 1.29 is 9.18 Å². The minimum absolute atomic E-state index is 0.148. The van der Waals surface area contributed by atoms with Crippen molar-refractivity contribution in [2.75, 3.05) is 5.32 Å². The Labute approximate surface area is 181 Å². The number of halogens is 1. The standard InChI is InChI=1S/C26H26FN3O/c27-20-12-9-18(10-13-20)16-24(31)30-26-23(15-17-5-1-2-6-17)28-25-21-8-4-3-7-19(21)11-14-22(25)29-26/h3-4,7-10,12-13,17H,1-2,5-6,11,14-16H2,(H,29,30,31). The first kappa shape index (κ1) is 19.9. The van der Waals surface area contributed by atoms with Crippen LogP contribution in [0.2, 0.25) is 0 Å². The average Bonchev–Trinajstić information content (AvgIpc) is 3.29. The Hall–Kier alpha value is -3.08. The second kappa shape index (κ2) is 8.58. The lowest BCUT2D eigenvalue weighted by molar-refractivity contribution is -0.115. The van der Waals surface area contributed by atoms with Crippen molar-refractivity contribution in [2.24, 2.45) is 5.92 Å². The van der Waals surface area contributed by atoms with Crippen molar-refractivity contribution in [1.82, 2.24) is 9.97 Å². The number of anilines is 1. The Balaban J connectivity index is 1.45. The van der Waals surface area contributed by atoms with Gasteiger partial charge in [-0.2, -0.15) is 0 Å². The lowest BCUT2D eigenvalue weighted by Crippen LogP contribution is -2.20. The van der Waals surface area contributed by atoms with Crippen LogP contribution in [0.15, 0.2) is 48.5 Å². The van der Waals surface area contributed by atoms with Gasteiger partial charge in [-0.05, 0) is 48.4 Å². The number of hydrogen-bond acceptors (Lipinski definition) is 3. The maximum absolute atomic E-state index is 13.2. The van der Waals surface area contributed by atoms with E-state index in [0.717, 1.165) is 47.5 Å². The largest absolute Gasteiger partial charge is 0.309 e. The third-order valence-corrected chi connectivity index (χ3v) is 6.44. The van der Waals surface area contributed by atoms with Crippen LogP contribution >= 0.6 is 0 Å². The van der Waals surface area contributed by atoms with Gasteiger partial charge in [-0.3, -0.25) is 4.79 Å². The van der Waals surface area contributed by atoms with E-state index < -0.39 is 0 Å². The maximum Gasteiger partial charge on any atom is 0.229 e. The predicted octanol–water partition coefficient (Wildman–Crippen LogP) is 5.30. The lowest BCUT2D eigenvalue weighted by atomic mass is 9.91. The molecule has 1 N–H and O–H groups in total. The van der Waals surface area contributed by atoms with E-state index in [4.69, 9.17) is 9.97 Å². The van der Waals surface area contributed by atoms with Gasteiger partial charge in [0, 0.05) is 5.56 Å². The minimum Gasteiger partial charge on any atom is -0.309 e. The molecule has 2 aliphatic carbocycles. The third-order valence-electron chi connectivity index (χ3n) is 6.44. The maximum atomic E-state index is 13.2. The number of nitrogens with one attached hydrogen (secondary N) is 1. The highest BCUT2D eigenvalue weighted by Crippen LogP contribution is 2.35. The molecule has 1 aromatic heterocycles. The molecule has 4 nitrogen and oxygen atoms in total. The number of aromatic nitrogens is 2. The summed E-state index contributed by atoms with van der Waals surface area (Å²) in [6, 6.07) is 14.4. The van der Waals surface area contributed by atoms with Gasteiger partial charge in [0.25, 0.3) is 0 Å². The van der Waals surface area contributed by atoms with Gasteiger partial charge < -0.3 is 5.32 Å². The van der Waals surface area contributed by atoms with Gasteiger partial charge in [0.05, 0.1) is 23.5 Å². The zero-order valence-electron chi connectivity index (χ0n) is 17.5. The molecular weight excluding hydrogens is 389 g/mol. The van der Waals surface area contributed by atoms with Gasteiger partial charge in [-0.1, -0.05) is 62.1 Å². The fourth-order valence-corrected chi connectivity index (χ4v) is 4.81. The molecule has 31 heavy (non-hydrogen) atoms. The van der Waals surface area contributed by atoms with Crippen LogP contribution in [0.25, 0.3) is 11.3 Å². The van der Waals surface area contributed by atoms with Crippen molar-refractivity contribution in [3.63, 3.8) is 0 Å². The van der Waals surface area contributed by atoms with Crippen LogP contribution in [0.3, 0.4) is 0 Å². The van der Waals surface area contributed by atoms with E-state index >= 15 is 0 Å². The second-order valence-electron chi connectivity index (χ2n) is 8.68. The summed E-state index contributed by atoms with van der Waals surface area (Å²) in [6.45, 7) is 0. The quantitative estimate of drug-likeness (QED) is 0.616. The van der Waals surface area contributed by atoms with E-state index in [9.17, 15) is 9.18 Å². The van der Waals surface area contributed by atoms with Crippen LogP contribution < -0.4 is 5.32 Å². The SMILES string of the molecule is O=C(Cc1ccc(F)cc1)Nc1nc2c(nc1CC1CCCC1)-c1ccccc1CC2. The smallest absolute Gasteiger partial charge is 0.229 e. The molecule has 2 aliphatic rings. The molecular formula is C26H26FN3O. The van der Waals surface area contributed by atoms with Crippen molar-refractivity contribution in [3.05, 3.63) is 76.9 Å². The number of carbonyl (C=O) groups excluding carboxylic acids is 1. The van der Waals surface area contributed by atoms with E-state index in [-0.39, 0.29) is 18.1 Å². The van der Waals surface area contributed by atoms with Gasteiger partial charge in [0.15, 0.2) is 5.82 Å². The molecule has 1 amide bonds. The van der Waals surface area contributed by atoms with Gasteiger partial charge in [0.1, 0.15) is 5.82 Å². The number of fused-ring (bicyclic) bond motifs is 3. The number of amides is 1. The monoisotopic (exact) mass is 415 g/mol. The Morgan fingerprint density at radius 3 is 2.58 bits per heavy atom. The van der Waals surface area contributed by atoms with E-state index in [0.29, 0.717) is 11.7 Å². The highest BCUT2D eigenvalue weighted by Gasteiger charge is 2.24. The summed E-state index contributed by atoms with van der Waals surface area (Å²) < 4.78 is 13.2. The Morgan fingerprint density at radius 1 is 1.00 bits per heavy atom. The third kappa shape index (κ3) is 4.36. The summed E-state index contributed by atoms with van der Waals surface area (Å²) in [5, 5.41) is 3.02. The number of rotatable bonds is 5. The Kier molecular flexibility index (Phi) is 5.49. The summed E-state index contributed by atoms with van der Waals surface area (Å²) in [7, 11) is 0. The molecule has 2 aromatic carbocycles. The summed E-state index contributed by atoms with van der Waals surface area (Å²) in [5.74, 6) is 0.740. The van der Waals surface area contributed by atoms with Crippen molar-refractivity contribution in [1.29, 1.82) is 0 Å². The molecule has 1 heterocycles. The van der Waals surface area contributed by atoms with Crippen LogP contribution in [0.4, 0.5) is 10.2 Å². The van der Waals surface area contributed by atoms with E-state index in [1.165, 1.54) is 43.4 Å². The summed E-state index contributed by atoms with van der Waals surface area (Å²) >= 11 is 0. The molecule has 0 bridgehead atoms. The van der Waals surface area contributed by atoms with E-state index in [2.05, 4.69) is 23.5 Å². The summed E-state index contributed by atoms with van der Waals surface area (Å²) in [4.78, 5) is 22.7. The number of aryl methyl sites for hydroxylation is 2. The molecule has 0 atom stereocenters.